The molecule has 0 amide bonds. The average Bonchev–Trinajstić information content (AvgIpc) is 2.45. The maximum atomic E-state index is 12.5. The van der Waals surface area contributed by atoms with Gasteiger partial charge < -0.3 is 9.84 Å². The fourth-order valence-corrected chi connectivity index (χ4v) is 3.86. The van der Waals surface area contributed by atoms with Crippen molar-refractivity contribution in [3.63, 3.8) is 0 Å². The van der Waals surface area contributed by atoms with Gasteiger partial charge in [0.05, 0.1) is 24.0 Å². The lowest BCUT2D eigenvalue weighted by molar-refractivity contribution is -0.151. The van der Waals surface area contributed by atoms with Crippen molar-refractivity contribution in [1.29, 1.82) is 0 Å². The summed E-state index contributed by atoms with van der Waals surface area (Å²) in [4.78, 5) is 36.8. The predicted octanol–water partition coefficient (Wildman–Crippen LogP) is 2.30. The third-order valence-electron chi connectivity index (χ3n) is 4.72. The van der Waals surface area contributed by atoms with Gasteiger partial charge >= 0.3 is 0 Å². The average molecular weight is 332 g/mol. The molecule has 1 aliphatic carbocycles. The molecule has 1 N–H and O–H groups in total. The number of hydrogen-bond acceptors (Lipinski definition) is 5. The molecule has 0 unspecified atom stereocenters. The van der Waals surface area contributed by atoms with Crippen molar-refractivity contribution >= 4 is 17.3 Å². The first-order chi connectivity index (χ1) is 11.2. The lowest BCUT2D eigenvalue weighted by atomic mass is 9.60. The highest BCUT2D eigenvalue weighted by Gasteiger charge is 2.53. The van der Waals surface area contributed by atoms with Crippen molar-refractivity contribution in [2.24, 2.45) is 11.8 Å². The minimum atomic E-state index is -1.46. The van der Waals surface area contributed by atoms with Crippen LogP contribution in [-0.2, 0) is 14.4 Å². The van der Waals surface area contributed by atoms with E-state index in [2.05, 4.69) is 0 Å². The first-order valence-corrected chi connectivity index (χ1v) is 8.17. The number of Topliss-reactive ketones (excluding diaryl/α,β-unsaturated/α-hetero) is 3. The fraction of sp³-hybridized carbons (Fsp3) is 0.526. The molecule has 0 heterocycles. The molecule has 130 valence electrons. The third-order valence-corrected chi connectivity index (χ3v) is 4.72. The van der Waals surface area contributed by atoms with Gasteiger partial charge in [-0.05, 0) is 45.4 Å². The van der Waals surface area contributed by atoms with Gasteiger partial charge in [0.2, 0.25) is 0 Å². The van der Waals surface area contributed by atoms with Crippen LogP contribution < -0.4 is 4.74 Å². The standard InChI is InChI=1S/C19H24O5/c1-5-24-14-8-6-13(7-9-14)17-16(11(2)20)15(22)10-19(4,23)18(17)12(3)21/h6-9,16-18,23H,5,10H2,1-4H3/t16-,17-,18+,19+/m1/s1. The van der Waals surface area contributed by atoms with Crippen molar-refractivity contribution in [3.05, 3.63) is 29.8 Å². The molecule has 1 aromatic rings. The molecule has 0 aliphatic heterocycles. The Balaban J connectivity index is 2.53. The van der Waals surface area contributed by atoms with Crippen LogP contribution in [0.25, 0.3) is 0 Å². The van der Waals surface area contributed by atoms with E-state index < -0.39 is 23.4 Å². The summed E-state index contributed by atoms with van der Waals surface area (Å²) >= 11 is 0. The van der Waals surface area contributed by atoms with Crippen LogP contribution in [0.5, 0.6) is 5.75 Å². The van der Waals surface area contributed by atoms with Crippen molar-refractivity contribution in [1.82, 2.24) is 0 Å². The first kappa shape index (κ1) is 18.3. The van der Waals surface area contributed by atoms with E-state index in [1.165, 1.54) is 20.8 Å². The maximum absolute atomic E-state index is 12.5. The Bertz CT molecular complexity index is 644. The molecule has 0 bridgehead atoms. The number of carbonyl (C=O) groups is 3. The van der Waals surface area contributed by atoms with Gasteiger partial charge in [0.25, 0.3) is 0 Å². The van der Waals surface area contributed by atoms with E-state index in [1.54, 1.807) is 24.3 Å². The number of rotatable bonds is 5. The van der Waals surface area contributed by atoms with E-state index in [1.807, 2.05) is 6.92 Å². The minimum Gasteiger partial charge on any atom is -0.494 e. The maximum Gasteiger partial charge on any atom is 0.146 e. The molecule has 24 heavy (non-hydrogen) atoms. The van der Waals surface area contributed by atoms with Crippen LogP contribution in [0.3, 0.4) is 0 Å². The molecule has 1 aliphatic rings. The van der Waals surface area contributed by atoms with Gasteiger partial charge in [-0.1, -0.05) is 12.1 Å². The Morgan fingerprint density at radius 3 is 2.25 bits per heavy atom. The van der Waals surface area contributed by atoms with E-state index in [-0.39, 0.29) is 23.8 Å². The summed E-state index contributed by atoms with van der Waals surface area (Å²) in [6.45, 7) is 6.66. The summed E-state index contributed by atoms with van der Waals surface area (Å²) in [7, 11) is 0. The summed E-state index contributed by atoms with van der Waals surface area (Å²) < 4.78 is 5.41. The Labute approximate surface area is 142 Å². The van der Waals surface area contributed by atoms with Gasteiger partial charge in [-0.3, -0.25) is 14.4 Å². The van der Waals surface area contributed by atoms with Crippen LogP contribution >= 0.6 is 0 Å². The molecule has 0 spiro atoms. The number of carbonyl (C=O) groups excluding carboxylic acids is 3. The smallest absolute Gasteiger partial charge is 0.146 e. The van der Waals surface area contributed by atoms with Gasteiger partial charge in [-0.2, -0.15) is 0 Å². The summed E-state index contributed by atoms with van der Waals surface area (Å²) in [6.07, 6.45) is -0.185. The lowest BCUT2D eigenvalue weighted by Crippen LogP contribution is -2.53. The van der Waals surface area contributed by atoms with Gasteiger partial charge in [-0.25, -0.2) is 0 Å². The van der Waals surface area contributed by atoms with Crippen LogP contribution in [-0.4, -0.2) is 34.7 Å². The monoisotopic (exact) mass is 332 g/mol. The Morgan fingerprint density at radius 1 is 1.21 bits per heavy atom. The molecule has 0 aromatic heterocycles. The molecule has 0 radical (unpaired) electrons. The molecule has 5 nitrogen and oxygen atoms in total. The summed E-state index contributed by atoms with van der Waals surface area (Å²) in [6, 6.07) is 7.02. The predicted molar refractivity (Wildman–Crippen MR) is 88.9 cm³/mol. The topological polar surface area (TPSA) is 80.7 Å². The zero-order valence-corrected chi connectivity index (χ0v) is 14.5. The van der Waals surface area contributed by atoms with E-state index >= 15 is 0 Å². The van der Waals surface area contributed by atoms with Crippen LogP contribution in [0.1, 0.15) is 45.6 Å². The van der Waals surface area contributed by atoms with Crippen molar-refractivity contribution < 1.29 is 24.2 Å². The minimum absolute atomic E-state index is 0.185. The van der Waals surface area contributed by atoms with Crippen molar-refractivity contribution in [3.8, 4) is 5.75 Å². The van der Waals surface area contributed by atoms with Crippen LogP contribution in [0.15, 0.2) is 24.3 Å². The highest BCUT2D eigenvalue weighted by molar-refractivity contribution is 6.05. The second kappa shape index (κ2) is 6.85. The van der Waals surface area contributed by atoms with Gasteiger partial charge in [0.15, 0.2) is 0 Å². The molecular weight excluding hydrogens is 308 g/mol. The van der Waals surface area contributed by atoms with Crippen LogP contribution in [0.2, 0.25) is 0 Å². The molecule has 4 atom stereocenters. The molecule has 0 saturated heterocycles. The lowest BCUT2D eigenvalue weighted by Gasteiger charge is -2.44. The molecule has 1 fully saturated rings. The van der Waals surface area contributed by atoms with E-state index in [9.17, 15) is 19.5 Å². The van der Waals surface area contributed by atoms with Gasteiger partial charge in [0.1, 0.15) is 23.1 Å². The second-order valence-corrected chi connectivity index (χ2v) is 6.70. The number of aliphatic hydroxyl groups is 1. The SMILES string of the molecule is CCOc1ccc([C@@H]2[C@H](C(C)=O)C(=O)C[C@](C)(O)[C@H]2C(C)=O)cc1. The Kier molecular flexibility index (Phi) is 5.23. The molecule has 2 rings (SSSR count). The molecular formula is C19H24O5. The van der Waals surface area contributed by atoms with E-state index in [0.29, 0.717) is 17.9 Å². The van der Waals surface area contributed by atoms with Crippen LogP contribution in [0.4, 0.5) is 0 Å². The van der Waals surface area contributed by atoms with Crippen molar-refractivity contribution in [2.75, 3.05) is 6.61 Å². The van der Waals surface area contributed by atoms with Gasteiger partial charge in [-0.15, -0.1) is 0 Å². The number of hydrogen-bond donors (Lipinski definition) is 1. The molecule has 1 aromatic carbocycles. The normalized spacial score (nSPS) is 30.0. The first-order valence-electron chi connectivity index (χ1n) is 8.17. The fourth-order valence-electron chi connectivity index (χ4n) is 3.86. The quantitative estimate of drug-likeness (QED) is 0.837. The highest BCUT2D eigenvalue weighted by atomic mass is 16.5. The number of benzene rings is 1. The zero-order valence-electron chi connectivity index (χ0n) is 14.5. The van der Waals surface area contributed by atoms with Crippen molar-refractivity contribution in [2.45, 2.75) is 45.6 Å². The summed E-state index contributed by atoms with van der Waals surface area (Å²) in [5, 5.41) is 10.7. The third kappa shape index (κ3) is 3.41. The summed E-state index contributed by atoms with van der Waals surface area (Å²) in [5.74, 6) is -2.51. The van der Waals surface area contributed by atoms with E-state index in [0.717, 1.165) is 0 Å². The highest BCUT2D eigenvalue weighted by Crippen LogP contribution is 2.46. The van der Waals surface area contributed by atoms with E-state index in [4.69, 9.17) is 4.74 Å². The Morgan fingerprint density at radius 2 is 1.79 bits per heavy atom. The van der Waals surface area contributed by atoms with Crippen LogP contribution in [0, 0.1) is 11.8 Å². The zero-order chi connectivity index (χ0) is 18.1. The number of ether oxygens (including phenoxy) is 1. The molecule has 1 saturated carbocycles. The molecule has 5 heteroatoms. The summed E-state index contributed by atoms with van der Waals surface area (Å²) in [5.41, 5.74) is -0.773. The second-order valence-electron chi connectivity index (χ2n) is 6.70. The van der Waals surface area contributed by atoms with Gasteiger partial charge in [0, 0.05) is 12.3 Å². The largest absolute Gasteiger partial charge is 0.494 e. The number of ketones is 3. The Hall–Kier alpha value is -2.01.